The summed E-state index contributed by atoms with van der Waals surface area (Å²) in [6.07, 6.45) is 2.17. The SMILES string of the molecule is C=C(CCc1ccccc1)CNC. The molecule has 1 heteroatoms. The molecule has 0 aliphatic carbocycles. The predicted octanol–water partition coefficient (Wildman–Crippen LogP) is 2.39. The van der Waals surface area contributed by atoms with E-state index in [1.165, 1.54) is 11.1 Å². The number of aryl methyl sites for hydroxylation is 1. The molecular weight excluding hydrogens is 158 g/mol. The molecule has 0 aromatic heterocycles. The minimum Gasteiger partial charge on any atom is -0.316 e. The maximum absolute atomic E-state index is 4.00. The summed E-state index contributed by atoms with van der Waals surface area (Å²) in [6.45, 7) is 4.92. The van der Waals surface area contributed by atoms with E-state index in [9.17, 15) is 0 Å². The average Bonchev–Trinajstić information content (AvgIpc) is 2.17. The lowest BCUT2D eigenvalue weighted by Gasteiger charge is -2.04. The molecule has 0 spiro atoms. The van der Waals surface area contributed by atoms with E-state index in [0.29, 0.717) is 0 Å². The van der Waals surface area contributed by atoms with Gasteiger partial charge in [-0.3, -0.25) is 0 Å². The summed E-state index contributed by atoms with van der Waals surface area (Å²) in [6, 6.07) is 10.5. The number of likely N-dealkylation sites (N-methyl/N-ethyl adjacent to an activating group) is 1. The zero-order chi connectivity index (χ0) is 9.52. The Balaban J connectivity index is 2.31. The van der Waals surface area contributed by atoms with Crippen LogP contribution in [0.5, 0.6) is 0 Å². The second kappa shape index (κ2) is 5.55. The molecule has 13 heavy (non-hydrogen) atoms. The molecule has 0 saturated heterocycles. The van der Waals surface area contributed by atoms with Crippen LogP contribution in [0.3, 0.4) is 0 Å². The molecule has 0 atom stereocenters. The first-order valence-corrected chi connectivity index (χ1v) is 4.68. The molecule has 70 valence electrons. The molecule has 1 aromatic carbocycles. The van der Waals surface area contributed by atoms with Gasteiger partial charge in [0.05, 0.1) is 0 Å². The molecule has 0 aliphatic rings. The van der Waals surface area contributed by atoms with Gasteiger partial charge in [0.1, 0.15) is 0 Å². The Morgan fingerprint density at radius 3 is 2.62 bits per heavy atom. The van der Waals surface area contributed by atoms with Gasteiger partial charge in [0, 0.05) is 6.54 Å². The molecule has 0 aliphatic heterocycles. The number of nitrogens with one attached hydrogen (secondary N) is 1. The van der Waals surface area contributed by atoms with Crippen LogP contribution in [0.2, 0.25) is 0 Å². The highest BCUT2D eigenvalue weighted by Crippen LogP contribution is 2.06. The van der Waals surface area contributed by atoms with Crippen LogP contribution >= 0.6 is 0 Å². The van der Waals surface area contributed by atoms with Gasteiger partial charge >= 0.3 is 0 Å². The van der Waals surface area contributed by atoms with Crippen molar-refractivity contribution in [1.29, 1.82) is 0 Å². The standard InChI is InChI=1S/C12H17N/c1-11(10-13-2)8-9-12-6-4-3-5-7-12/h3-7,13H,1,8-10H2,2H3. The fourth-order valence-electron chi connectivity index (χ4n) is 1.30. The van der Waals surface area contributed by atoms with Crippen molar-refractivity contribution in [1.82, 2.24) is 5.32 Å². The molecule has 1 nitrogen and oxygen atoms in total. The maximum atomic E-state index is 4.00. The molecule has 1 N–H and O–H groups in total. The highest BCUT2D eigenvalue weighted by Gasteiger charge is 1.94. The summed E-state index contributed by atoms with van der Waals surface area (Å²) < 4.78 is 0. The van der Waals surface area contributed by atoms with E-state index in [-0.39, 0.29) is 0 Å². The molecular formula is C12H17N. The van der Waals surface area contributed by atoms with Crippen molar-refractivity contribution < 1.29 is 0 Å². The summed E-state index contributed by atoms with van der Waals surface area (Å²) in [5.41, 5.74) is 2.66. The molecule has 0 bridgehead atoms. The van der Waals surface area contributed by atoms with Gasteiger partial charge in [-0.05, 0) is 25.5 Å². The zero-order valence-corrected chi connectivity index (χ0v) is 8.22. The van der Waals surface area contributed by atoms with Crippen LogP contribution in [-0.2, 0) is 6.42 Å². The van der Waals surface area contributed by atoms with E-state index in [1.807, 2.05) is 13.1 Å². The van der Waals surface area contributed by atoms with E-state index < -0.39 is 0 Å². The zero-order valence-electron chi connectivity index (χ0n) is 8.22. The highest BCUT2D eigenvalue weighted by atomic mass is 14.8. The van der Waals surface area contributed by atoms with Crippen molar-refractivity contribution in [3.05, 3.63) is 48.0 Å². The molecule has 0 saturated carbocycles. The Morgan fingerprint density at radius 1 is 1.31 bits per heavy atom. The van der Waals surface area contributed by atoms with Crippen LogP contribution in [0.1, 0.15) is 12.0 Å². The summed E-state index contributed by atoms with van der Waals surface area (Å²) in [5, 5.41) is 3.10. The molecule has 1 aromatic rings. The predicted molar refractivity (Wildman–Crippen MR) is 57.8 cm³/mol. The first-order valence-electron chi connectivity index (χ1n) is 4.68. The van der Waals surface area contributed by atoms with E-state index in [4.69, 9.17) is 0 Å². The second-order valence-electron chi connectivity index (χ2n) is 3.27. The van der Waals surface area contributed by atoms with E-state index in [1.54, 1.807) is 0 Å². The summed E-state index contributed by atoms with van der Waals surface area (Å²) in [4.78, 5) is 0. The van der Waals surface area contributed by atoms with Crippen LogP contribution in [-0.4, -0.2) is 13.6 Å². The highest BCUT2D eigenvalue weighted by molar-refractivity contribution is 5.16. The third-order valence-electron chi connectivity index (χ3n) is 2.04. The van der Waals surface area contributed by atoms with Crippen molar-refractivity contribution in [2.45, 2.75) is 12.8 Å². The molecule has 0 heterocycles. The monoisotopic (exact) mass is 175 g/mol. The topological polar surface area (TPSA) is 12.0 Å². The van der Waals surface area contributed by atoms with Gasteiger partial charge in [-0.1, -0.05) is 42.5 Å². The Hall–Kier alpha value is -1.08. The summed E-state index contributed by atoms with van der Waals surface area (Å²) >= 11 is 0. The summed E-state index contributed by atoms with van der Waals surface area (Å²) in [5.74, 6) is 0. The molecule has 1 rings (SSSR count). The Morgan fingerprint density at radius 2 is 2.00 bits per heavy atom. The van der Waals surface area contributed by atoms with Crippen LogP contribution in [0, 0.1) is 0 Å². The van der Waals surface area contributed by atoms with Gasteiger partial charge in [-0.2, -0.15) is 0 Å². The lowest BCUT2D eigenvalue weighted by atomic mass is 10.1. The van der Waals surface area contributed by atoms with E-state index in [0.717, 1.165) is 19.4 Å². The van der Waals surface area contributed by atoms with Crippen molar-refractivity contribution in [3.63, 3.8) is 0 Å². The average molecular weight is 175 g/mol. The molecule has 0 radical (unpaired) electrons. The fourth-order valence-corrected chi connectivity index (χ4v) is 1.30. The quantitative estimate of drug-likeness (QED) is 0.678. The molecule has 0 unspecified atom stereocenters. The van der Waals surface area contributed by atoms with Crippen molar-refractivity contribution in [3.8, 4) is 0 Å². The minimum atomic E-state index is 0.923. The number of rotatable bonds is 5. The number of benzene rings is 1. The number of hydrogen-bond acceptors (Lipinski definition) is 1. The van der Waals surface area contributed by atoms with Crippen molar-refractivity contribution >= 4 is 0 Å². The smallest absolute Gasteiger partial charge is 0.0159 e. The summed E-state index contributed by atoms with van der Waals surface area (Å²) in [7, 11) is 1.95. The molecule has 0 fully saturated rings. The first-order chi connectivity index (χ1) is 6.33. The van der Waals surface area contributed by atoms with Crippen LogP contribution in [0.4, 0.5) is 0 Å². The van der Waals surface area contributed by atoms with Gasteiger partial charge in [0.25, 0.3) is 0 Å². The van der Waals surface area contributed by atoms with E-state index >= 15 is 0 Å². The third kappa shape index (κ3) is 3.90. The van der Waals surface area contributed by atoms with E-state index in [2.05, 4.69) is 36.2 Å². The van der Waals surface area contributed by atoms with Gasteiger partial charge in [-0.15, -0.1) is 0 Å². The normalized spacial score (nSPS) is 9.92. The largest absolute Gasteiger partial charge is 0.316 e. The molecule has 0 amide bonds. The lowest BCUT2D eigenvalue weighted by Crippen LogP contribution is -2.10. The van der Waals surface area contributed by atoms with Gasteiger partial charge < -0.3 is 5.32 Å². The first kappa shape index (κ1) is 10.0. The maximum Gasteiger partial charge on any atom is 0.0159 e. The fraction of sp³-hybridized carbons (Fsp3) is 0.333. The van der Waals surface area contributed by atoms with Gasteiger partial charge in [-0.25, -0.2) is 0 Å². The second-order valence-corrected chi connectivity index (χ2v) is 3.27. The van der Waals surface area contributed by atoms with Gasteiger partial charge in [0.2, 0.25) is 0 Å². The number of hydrogen-bond donors (Lipinski definition) is 1. The van der Waals surface area contributed by atoms with Crippen LogP contribution in [0.15, 0.2) is 42.5 Å². The Kier molecular flexibility index (Phi) is 4.27. The van der Waals surface area contributed by atoms with Gasteiger partial charge in [0.15, 0.2) is 0 Å². The Labute approximate surface area is 80.5 Å². The third-order valence-corrected chi connectivity index (χ3v) is 2.04. The van der Waals surface area contributed by atoms with Crippen molar-refractivity contribution in [2.75, 3.05) is 13.6 Å². The van der Waals surface area contributed by atoms with Crippen LogP contribution in [0.25, 0.3) is 0 Å². The van der Waals surface area contributed by atoms with Crippen LogP contribution < -0.4 is 5.32 Å². The lowest BCUT2D eigenvalue weighted by molar-refractivity contribution is 0.816. The van der Waals surface area contributed by atoms with Crippen molar-refractivity contribution in [2.24, 2.45) is 0 Å². The minimum absolute atomic E-state index is 0.923. The Bertz CT molecular complexity index is 251.